The molecule has 0 amide bonds. The summed E-state index contributed by atoms with van der Waals surface area (Å²) in [6.45, 7) is 4.49. The standard InChI is InChI=1S/C14H20ClNOS/c1-3-14(2,17)9-16-12-6-7-18-13-5-4-10(15)8-11(12)13/h4-5,8,12,16-17H,3,6-7,9H2,1-2H3. The predicted octanol–water partition coefficient (Wildman–Crippen LogP) is 3.63. The van der Waals surface area contributed by atoms with E-state index in [0.29, 0.717) is 12.6 Å². The molecule has 1 heterocycles. The van der Waals surface area contributed by atoms with Crippen LogP contribution < -0.4 is 5.32 Å². The quantitative estimate of drug-likeness (QED) is 0.886. The summed E-state index contributed by atoms with van der Waals surface area (Å²) < 4.78 is 0. The van der Waals surface area contributed by atoms with E-state index in [1.165, 1.54) is 10.5 Å². The molecule has 18 heavy (non-hydrogen) atoms. The monoisotopic (exact) mass is 285 g/mol. The molecule has 4 heteroatoms. The molecule has 1 aliphatic rings. The molecule has 2 rings (SSSR count). The molecule has 0 aliphatic carbocycles. The van der Waals surface area contributed by atoms with E-state index >= 15 is 0 Å². The Bertz CT molecular complexity index is 422. The molecule has 0 spiro atoms. The van der Waals surface area contributed by atoms with Crippen LogP contribution in [-0.2, 0) is 0 Å². The Labute approximate surface area is 118 Å². The second kappa shape index (κ2) is 5.83. The highest BCUT2D eigenvalue weighted by molar-refractivity contribution is 7.99. The lowest BCUT2D eigenvalue weighted by atomic mass is 10.00. The average molecular weight is 286 g/mol. The van der Waals surface area contributed by atoms with Crippen molar-refractivity contribution in [2.24, 2.45) is 0 Å². The molecule has 1 aromatic rings. The van der Waals surface area contributed by atoms with E-state index in [1.807, 2.05) is 37.7 Å². The molecule has 0 aromatic heterocycles. The van der Waals surface area contributed by atoms with Crippen molar-refractivity contribution in [2.45, 2.75) is 43.2 Å². The zero-order chi connectivity index (χ0) is 13.2. The van der Waals surface area contributed by atoms with Crippen LogP contribution in [0.2, 0.25) is 5.02 Å². The van der Waals surface area contributed by atoms with Gasteiger partial charge in [-0.3, -0.25) is 0 Å². The number of thioether (sulfide) groups is 1. The van der Waals surface area contributed by atoms with Gasteiger partial charge in [0.2, 0.25) is 0 Å². The van der Waals surface area contributed by atoms with Gasteiger partial charge >= 0.3 is 0 Å². The van der Waals surface area contributed by atoms with E-state index in [1.54, 1.807) is 0 Å². The van der Waals surface area contributed by atoms with Crippen molar-refractivity contribution >= 4 is 23.4 Å². The summed E-state index contributed by atoms with van der Waals surface area (Å²) in [7, 11) is 0. The Morgan fingerprint density at radius 1 is 1.56 bits per heavy atom. The Hall–Kier alpha value is -0.220. The minimum atomic E-state index is -0.636. The summed E-state index contributed by atoms with van der Waals surface area (Å²) in [6, 6.07) is 6.38. The van der Waals surface area contributed by atoms with E-state index in [4.69, 9.17) is 11.6 Å². The third-order valence-electron chi connectivity index (χ3n) is 3.50. The smallest absolute Gasteiger partial charge is 0.0741 e. The van der Waals surface area contributed by atoms with Crippen LogP contribution in [0, 0.1) is 0 Å². The number of halogens is 1. The number of hydrogen-bond donors (Lipinski definition) is 2. The summed E-state index contributed by atoms with van der Waals surface area (Å²) in [4.78, 5) is 1.30. The first-order valence-electron chi connectivity index (χ1n) is 6.40. The van der Waals surface area contributed by atoms with Gasteiger partial charge in [0.15, 0.2) is 0 Å². The number of fused-ring (bicyclic) bond motifs is 1. The Balaban J connectivity index is 2.10. The van der Waals surface area contributed by atoms with Crippen molar-refractivity contribution in [3.05, 3.63) is 28.8 Å². The first kappa shape index (κ1) is 14.2. The number of aliphatic hydroxyl groups is 1. The molecule has 2 nitrogen and oxygen atoms in total. The minimum absolute atomic E-state index is 0.304. The third-order valence-corrected chi connectivity index (χ3v) is 4.86. The highest BCUT2D eigenvalue weighted by Gasteiger charge is 2.24. The maximum atomic E-state index is 10.1. The maximum absolute atomic E-state index is 10.1. The summed E-state index contributed by atoms with van der Waals surface area (Å²) >= 11 is 7.95. The summed E-state index contributed by atoms with van der Waals surface area (Å²) in [5.74, 6) is 1.11. The van der Waals surface area contributed by atoms with Gasteiger partial charge in [0.1, 0.15) is 0 Å². The highest BCUT2D eigenvalue weighted by Crippen LogP contribution is 2.37. The van der Waals surface area contributed by atoms with E-state index in [2.05, 4.69) is 11.4 Å². The largest absolute Gasteiger partial charge is 0.389 e. The van der Waals surface area contributed by atoms with Crippen molar-refractivity contribution in [3.63, 3.8) is 0 Å². The first-order chi connectivity index (χ1) is 8.52. The van der Waals surface area contributed by atoms with Gasteiger partial charge in [-0.1, -0.05) is 18.5 Å². The molecule has 2 N–H and O–H groups in total. The van der Waals surface area contributed by atoms with Crippen LogP contribution >= 0.6 is 23.4 Å². The van der Waals surface area contributed by atoms with Gasteiger partial charge in [-0.05, 0) is 49.3 Å². The van der Waals surface area contributed by atoms with Crippen LogP contribution in [0.5, 0.6) is 0 Å². The van der Waals surface area contributed by atoms with Gasteiger partial charge < -0.3 is 10.4 Å². The molecule has 100 valence electrons. The average Bonchev–Trinajstić information content (AvgIpc) is 2.36. The number of benzene rings is 1. The number of rotatable bonds is 4. The van der Waals surface area contributed by atoms with E-state index < -0.39 is 5.60 Å². The van der Waals surface area contributed by atoms with Crippen LogP contribution in [0.3, 0.4) is 0 Å². The normalized spacial score (nSPS) is 22.3. The maximum Gasteiger partial charge on any atom is 0.0741 e. The van der Waals surface area contributed by atoms with E-state index in [9.17, 15) is 5.11 Å². The second-order valence-corrected chi connectivity index (χ2v) is 6.68. The number of hydrogen-bond acceptors (Lipinski definition) is 3. The van der Waals surface area contributed by atoms with Crippen molar-refractivity contribution in [1.82, 2.24) is 5.32 Å². The molecule has 0 radical (unpaired) electrons. The van der Waals surface area contributed by atoms with Crippen molar-refractivity contribution < 1.29 is 5.11 Å². The highest BCUT2D eigenvalue weighted by atomic mass is 35.5. The lowest BCUT2D eigenvalue weighted by Crippen LogP contribution is -2.39. The van der Waals surface area contributed by atoms with E-state index in [0.717, 1.165) is 23.6 Å². The van der Waals surface area contributed by atoms with Gasteiger partial charge in [0.25, 0.3) is 0 Å². The predicted molar refractivity (Wildman–Crippen MR) is 78.5 cm³/mol. The molecule has 2 unspecified atom stereocenters. The zero-order valence-corrected chi connectivity index (χ0v) is 12.4. The summed E-state index contributed by atoms with van der Waals surface area (Å²) in [5, 5.41) is 14.3. The van der Waals surface area contributed by atoms with Crippen LogP contribution in [-0.4, -0.2) is 23.0 Å². The lowest BCUT2D eigenvalue weighted by molar-refractivity contribution is 0.0525. The summed E-state index contributed by atoms with van der Waals surface area (Å²) in [6.07, 6.45) is 1.83. The van der Waals surface area contributed by atoms with Gasteiger partial charge in [-0.25, -0.2) is 0 Å². The molecule has 0 bridgehead atoms. The minimum Gasteiger partial charge on any atom is -0.389 e. The molecule has 0 fully saturated rings. The van der Waals surface area contributed by atoms with Crippen LogP contribution in [0.25, 0.3) is 0 Å². The van der Waals surface area contributed by atoms with E-state index in [-0.39, 0.29) is 0 Å². The molecule has 0 saturated heterocycles. The van der Waals surface area contributed by atoms with Crippen molar-refractivity contribution in [2.75, 3.05) is 12.3 Å². The molecule has 2 atom stereocenters. The van der Waals surface area contributed by atoms with Crippen molar-refractivity contribution in [3.8, 4) is 0 Å². The van der Waals surface area contributed by atoms with Crippen LogP contribution in [0.15, 0.2) is 23.1 Å². The van der Waals surface area contributed by atoms with Gasteiger partial charge in [0, 0.05) is 22.5 Å². The Morgan fingerprint density at radius 2 is 2.33 bits per heavy atom. The van der Waals surface area contributed by atoms with Gasteiger partial charge in [-0.2, -0.15) is 0 Å². The fourth-order valence-corrected chi connectivity index (χ4v) is 3.33. The first-order valence-corrected chi connectivity index (χ1v) is 7.76. The Kier molecular flexibility index (Phi) is 4.59. The molecule has 1 aliphatic heterocycles. The third kappa shape index (κ3) is 3.41. The molecular weight excluding hydrogens is 266 g/mol. The van der Waals surface area contributed by atoms with Crippen LogP contribution in [0.1, 0.15) is 38.3 Å². The van der Waals surface area contributed by atoms with Gasteiger partial charge in [0.05, 0.1) is 5.60 Å². The van der Waals surface area contributed by atoms with Crippen LogP contribution in [0.4, 0.5) is 0 Å². The molecule has 0 saturated carbocycles. The fourth-order valence-electron chi connectivity index (χ4n) is 2.05. The second-order valence-electron chi connectivity index (χ2n) is 5.10. The molecular formula is C14H20ClNOS. The number of nitrogens with one attached hydrogen (secondary N) is 1. The molecule has 1 aromatic carbocycles. The SMILES string of the molecule is CCC(C)(O)CNC1CCSc2ccc(Cl)cc21. The zero-order valence-electron chi connectivity index (χ0n) is 10.9. The Morgan fingerprint density at radius 3 is 3.06 bits per heavy atom. The topological polar surface area (TPSA) is 32.3 Å². The fraction of sp³-hybridized carbons (Fsp3) is 0.571. The lowest BCUT2D eigenvalue weighted by Gasteiger charge is -2.30. The van der Waals surface area contributed by atoms with Crippen molar-refractivity contribution in [1.29, 1.82) is 0 Å². The van der Waals surface area contributed by atoms with Gasteiger partial charge in [-0.15, -0.1) is 11.8 Å². The summed E-state index contributed by atoms with van der Waals surface area (Å²) in [5.41, 5.74) is 0.634.